The Bertz CT molecular complexity index is 1090. The Balaban J connectivity index is 1.53. The van der Waals surface area contributed by atoms with Crippen LogP contribution in [0.25, 0.3) is 0 Å². The Morgan fingerprint density at radius 1 is 1.13 bits per heavy atom. The van der Waals surface area contributed by atoms with E-state index in [4.69, 9.17) is 0 Å². The van der Waals surface area contributed by atoms with Gasteiger partial charge in [0.15, 0.2) is 0 Å². The fourth-order valence-corrected chi connectivity index (χ4v) is 5.04. The quantitative estimate of drug-likeness (QED) is 0.817. The van der Waals surface area contributed by atoms with Crippen LogP contribution in [0.2, 0.25) is 0 Å². The molecule has 158 valence electrons. The highest BCUT2D eigenvalue weighted by Gasteiger charge is 2.32. The van der Waals surface area contributed by atoms with Crippen LogP contribution in [0.5, 0.6) is 0 Å². The third-order valence-electron chi connectivity index (χ3n) is 5.19. The van der Waals surface area contributed by atoms with Gasteiger partial charge in [-0.1, -0.05) is 30.3 Å². The van der Waals surface area contributed by atoms with Crippen molar-refractivity contribution in [1.29, 1.82) is 0 Å². The van der Waals surface area contributed by atoms with Crippen molar-refractivity contribution < 1.29 is 13.2 Å². The number of rotatable bonds is 3. The van der Waals surface area contributed by atoms with Gasteiger partial charge in [0.05, 0.1) is 17.5 Å². The van der Waals surface area contributed by atoms with Gasteiger partial charge in [-0.25, -0.2) is 13.2 Å². The predicted molar refractivity (Wildman–Crippen MR) is 117 cm³/mol. The highest BCUT2D eigenvalue weighted by atomic mass is 32.2. The van der Waals surface area contributed by atoms with Gasteiger partial charge in [0.2, 0.25) is 0 Å². The van der Waals surface area contributed by atoms with E-state index in [0.29, 0.717) is 13.0 Å². The Hall–Kier alpha value is -2.87. The minimum absolute atomic E-state index is 0.172. The summed E-state index contributed by atoms with van der Waals surface area (Å²) in [7, 11) is -3.70. The number of urea groups is 1. The van der Waals surface area contributed by atoms with Gasteiger partial charge in [-0.05, 0) is 56.5 Å². The van der Waals surface area contributed by atoms with E-state index in [9.17, 15) is 13.2 Å². The van der Waals surface area contributed by atoms with Gasteiger partial charge in [-0.15, -0.1) is 0 Å². The van der Waals surface area contributed by atoms with E-state index < -0.39 is 10.0 Å². The smallest absolute Gasteiger partial charge is 0.322 e. The van der Waals surface area contributed by atoms with E-state index >= 15 is 0 Å². The van der Waals surface area contributed by atoms with E-state index in [1.807, 2.05) is 51.1 Å². The molecule has 1 atom stereocenters. The fourth-order valence-electron chi connectivity index (χ4n) is 3.72. The first kappa shape index (κ1) is 20.4. The molecule has 0 radical (unpaired) electrons. The number of aliphatic imine (C=N–C) groups is 1. The van der Waals surface area contributed by atoms with E-state index in [0.717, 1.165) is 16.8 Å². The van der Waals surface area contributed by atoms with Crippen LogP contribution in [-0.2, 0) is 16.4 Å². The zero-order valence-corrected chi connectivity index (χ0v) is 18.2. The summed E-state index contributed by atoms with van der Waals surface area (Å²) in [4.78, 5) is 18.8. The van der Waals surface area contributed by atoms with Crippen LogP contribution in [-0.4, -0.2) is 43.7 Å². The second kappa shape index (κ2) is 7.43. The minimum Gasteiger partial charge on any atom is -0.333 e. The third kappa shape index (κ3) is 3.92. The van der Waals surface area contributed by atoms with Crippen molar-refractivity contribution in [2.45, 2.75) is 43.7 Å². The second-order valence-corrected chi connectivity index (χ2v) is 10.5. The molecule has 0 aliphatic carbocycles. The van der Waals surface area contributed by atoms with Crippen LogP contribution in [0.4, 0.5) is 10.5 Å². The summed E-state index contributed by atoms with van der Waals surface area (Å²) in [5.41, 5.74) is 2.26. The molecule has 0 bridgehead atoms. The topological polar surface area (TPSA) is 82.1 Å². The molecule has 2 aliphatic rings. The average molecular weight is 427 g/mol. The van der Waals surface area contributed by atoms with Gasteiger partial charge < -0.3 is 5.32 Å². The predicted octanol–water partition coefficient (Wildman–Crippen LogP) is 3.33. The number of fused-ring (bicyclic) bond motifs is 1. The monoisotopic (exact) mass is 426 g/mol. The Labute approximate surface area is 177 Å². The number of amides is 2. The maximum Gasteiger partial charge on any atom is 0.322 e. The lowest BCUT2D eigenvalue weighted by molar-refractivity contribution is 0.238. The number of anilines is 1. The first-order chi connectivity index (χ1) is 14.1. The fraction of sp³-hybridized carbons (Fsp3) is 0.364. The highest BCUT2D eigenvalue weighted by Crippen LogP contribution is 2.33. The first-order valence-electron chi connectivity index (χ1n) is 9.98. The number of benzene rings is 2. The molecule has 2 aromatic carbocycles. The van der Waals surface area contributed by atoms with Crippen LogP contribution in [0, 0.1) is 0 Å². The number of nitrogens with zero attached hydrogens (tertiary/aromatic N) is 3. The maximum atomic E-state index is 13.2. The summed E-state index contributed by atoms with van der Waals surface area (Å²) in [6, 6.07) is 14.3. The van der Waals surface area contributed by atoms with Gasteiger partial charge in [0.1, 0.15) is 6.34 Å². The first-order valence-corrected chi connectivity index (χ1v) is 11.4. The van der Waals surface area contributed by atoms with Crippen molar-refractivity contribution in [3.63, 3.8) is 0 Å². The molecule has 2 amide bonds. The molecular weight excluding hydrogens is 400 g/mol. The number of sulfonamides is 1. The van der Waals surface area contributed by atoms with Crippen molar-refractivity contribution in [1.82, 2.24) is 9.62 Å². The van der Waals surface area contributed by atoms with Gasteiger partial charge >= 0.3 is 6.03 Å². The summed E-state index contributed by atoms with van der Waals surface area (Å²) in [6.45, 7) is 6.60. The normalized spacial score (nSPS) is 18.6. The molecular formula is C22H26N4O3S. The molecule has 8 heteroatoms. The summed E-state index contributed by atoms with van der Waals surface area (Å²) in [5, 5.41) is 2.96. The number of nitrogens with one attached hydrogen (secondary N) is 1. The molecule has 0 aromatic heterocycles. The minimum atomic E-state index is -3.70. The molecule has 0 saturated carbocycles. The molecule has 1 N–H and O–H groups in total. The van der Waals surface area contributed by atoms with Crippen LogP contribution < -0.4 is 10.2 Å². The zero-order chi connectivity index (χ0) is 21.5. The average Bonchev–Trinajstić information content (AvgIpc) is 3.34. The molecule has 4 rings (SSSR count). The van der Waals surface area contributed by atoms with Gasteiger partial charge in [0, 0.05) is 17.8 Å². The summed E-state index contributed by atoms with van der Waals surface area (Å²) in [6.07, 6.45) is 2.03. The molecule has 0 saturated heterocycles. The molecule has 2 aromatic rings. The highest BCUT2D eigenvalue weighted by molar-refractivity contribution is 7.89. The van der Waals surface area contributed by atoms with Gasteiger partial charge in [-0.2, -0.15) is 0 Å². The van der Waals surface area contributed by atoms with Gasteiger partial charge in [-0.3, -0.25) is 14.2 Å². The van der Waals surface area contributed by atoms with E-state index in [1.54, 1.807) is 23.1 Å². The van der Waals surface area contributed by atoms with Gasteiger partial charge in [0.25, 0.3) is 10.0 Å². The molecule has 0 spiro atoms. The Morgan fingerprint density at radius 2 is 1.87 bits per heavy atom. The number of hydrogen-bond acceptors (Lipinski definition) is 4. The molecule has 0 unspecified atom stereocenters. The Morgan fingerprint density at radius 3 is 2.57 bits per heavy atom. The van der Waals surface area contributed by atoms with Crippen LogP contribution in [0.3, 0.4) is 0 Å². The van der Waals surface area contributed by atoms with Crippen LogP contribution in [0.15, 0.2) is 58.4 Å². The summed E-state index contributed by atoms with van der Waals surface area (Å²) in [5.74, 6) is 0. The lowest BCUT2D eigenvalue weighted by Gasteiger charge is -2.26. The zero-order valence-electron chi connectivity index (χ0n) is 17.4. The van der Waals surface area contributed by atoms with Crippen molar-refractivity contribution >= 4 is 28.1 Å². The third-order valence-corrected chi connectivity index (χ3v) is 6.90. The van der Waals surface area contributed by atoms with Crippen molar-refractivity contribution in [2.24, 2.45) is 4.99 Å². The second-order valence-electron chi connectivity index (χ2n) is 8.64. The largest absolute Gasteiger partial charge is 0.333 e. The SMILES string of the molecule is CC(C)(C)NC(=O)N1CCc2cc(S(=O)(=O)N3C=N[C@@H](c4ccccc4)C3)ccc21. The lowest BCUT2D eigenvalue weighted by atomic mass is 10.1. The van der Waals surface area contributed by atoms with E-state index in [-0.39, 0.29) is 29.1 Å². The lowest BCUT2D eigenvalue weighted by Crippen LogP contribution is -2.48. The number of hydrogen-bond donors (Lipinski definition) is 1. The molecule has 2 heterocycles. The van der Waals surface area contributed by atoms with E-state index in [2.05, 4.69) is 10.3 Å². The summed E-state index contributed by atoms with van der Waals surface area (Å²) >= 11 is 0. The summed E-state index contributed by atoms with van der Waals surface area (Å²) < 4.78 is 27.6. The molecule has 2 aliphatic heterocycles. The van der Waals surface area contributed by atoms with Crippen LogP contribution in [0.1, 0.15) is 37.9 Å². The molecule has 30 heavy (non-hydrogen) atoms. The molecule has 7 nitrogen and oxygen atoms in total. The Kier molecular flexibility index (Phi) is 5.05. The number of carbonyl (C=O) groups is 1. The van der Waals surface area contributed by atoms with Crippen molar-refractivity contribution in [3.05, 3.63) is 59.7 Å². The van der Waals surface area contributed by atoms with E-state index in [1.165, 1.54) is 10.6 Å². The van der Waals surface area contributed by atoms with Crippen molar-refractivity contribution in [2.75, 3.05) is 18.0 Å². The van der Waals surface area contributed by atoms with Crippen molar-refractivity contribution in [3.8, 4) is 0 Å². The molecule has 0 fully saturated rings. The number of carbonyl (C=O) groups excluding carboxylic acids is 1. The van der Waals surface area contributed by atoms with Crippen LogP contribution >= 0.6 is 0 Å². The maximum absolute atomic E-state index is 13.2. The standard InChI is InChI=1S/C22H26N4O3S/c1-22(2,3)24-21(27)26-12-11-17-13-18(9-10-20(17)26)30(28,29)25-14-19(23-15-25)16-7-5-4-6-8-16/h4-10,13,15,19H,11-12,14H2,1-3H3,(H,24,27)/t19-/m1/s1.